The number of ether oxygens (including phenoxy) is 1. The highest BCUT2D eigenvalue weighted by molar-refractivity contribution is 5.39. The Morgan fingerprint density at radius 3 is 2.35 bits per heavy atom. The average molecular weight is 239 g/mol. The molecule has 1 rings (SSSR count). The summed E-state index contributed by atoms with van der Waals surface area (Å²) in [4.78, 5) is 4.67. The number of anilines is 1. The van der Waals surface area contributed by atoms with Gasteiger partial charge in [0.25, 0.3) is 0 Å². The summed E-state index contributed by atoms with van der Waals surface area (Å²) >= 11 is 0. The van der Waals surface area contributed by atoms with Crippen molar-refractivity contribution >= 4 is 5.82 Å². The Balaban J connectivity index is 3.10. The highest BCUT2D eigenvalue weighted by atomic mass is 16.5. The first-order valence-corrected chi connectivity index (χ1v) is 6.22. The van der Waals surface area contributed by atoms with Gasteiger partial charge in [-0.05, 0) is 20.8 Å². The summed E-state index contributed by atoms with van der Waals surface area (Å²) in [7, 11) is 1.72. The van der Waals surface area contributed by atoms with E-state index in [-0.39, 0.29) is 5.60 Å². The highest BCUT2D eigenvalue weighted by Gasteiger charge is 2.23. The van der Waals surface area contributed by atoms with Gasteiger partial charge in [-0.2, -0.15) is 0 Å². The Hall–Kier alpha value is -1.03. The smallest absolute Gasteiger partial charge is 0.126 e. The van der Waals surface area contributed by atoms with Crippen molar-refractivity contribution in [2.45, 2.75) is 59.1 Å². The van der Waals surface area contributed by atoms with Gasteiger partial charge in [0.2, 0.25) is 0 Å². The summed E-state index contributed by atoms with van der Waals surface area (Å²) in [5, 5.41) is 0. The van der Waals surface area contributed by atoms with E-state index < -0.39 is 0 Å². The fraction of sp³-hybridized carbons (Fsp3) is 0.769. The molecule has 0 fully saturated rings. The van der Waals surface area contributed by atoms with Gasteiger partial charge < -0.3 is 15.0 Å². The second-order valence-electron chi connectivity index (χ2n) is 5.34. The molecule has 1 aromatic heterocycles. The van der Waals surface area contributed by atoms with E-state index >= 15 is 0 Å². The quantitative estimate of drug-likeness (QED) is 0.859. The number of nitrogens with two attached hydrogens (primary N) is 1. The summed E-state index contributed by atoms with van der Waals surface area (Å²) in [6.45, 7) is 11.3. The highest BCUT2D eigenvalue weighted by Crippen LogP contribution is 2.25. The van der Waals surface area contributed by atoms with Crippen LogP contribution < -0.4 is 5.73 Å². The van der Waals surface area contributed by atoms with Gasteiger partial charge in [0.05, 0.1) is 11.3 Å². The molecule has 1 heterocycles. The van der Waals surface area contributed by atoms with Crippen LogP contribution >= 0.6 is 0 Å². The van der Waals surface area contributed by atoms with Crippen molar-refractivity contribution in [2.24, 2.45) is 0 Å². The van der Waals surface area contributed by atoms with Crippen LogP contribution in [0.5, 0.6) is 0 Å². The fourth-order valence-electron chi connectivity index (χ4n) is 1.91. The molecule has 0 atom stereocenters. The minimum Gasteiger partial charge on any atom is -0.384 e. The first-order chi connectivity index (χ1) is 7.82. The molecule has 0 unspecified atom stereocenters. The molecule has 1 aromatic rings. The lowest BCUT2D eigenvalue weighted by atomic mass is 10.0. The zero-order valence-corrected chi connectivity index (χ0v) is 11.9. The molecular weight excluding hydrogens is 214 g/mol. The van der Waals surface area contributed by atoms with Gasteiger partial charge in [0.1, 0.15) is 11.6 Å². The number of hydrogen-bond acceptors (Lipinski definition) is 3. The number of nitrogen functional groups attached to an aromatic ring is 1. The standard InChI is InChI=1S/C13H25N3O/c1-7-16-11(14)10(8-13(4,5)17-6)15-12(16)9(2)3/h9H,7-8,14H2,1-6H3. The lowest BCUT2D eigenvalue weighted by molar-refractivity contribution is 0.0226. The molecule has 17 heavy (non-hydrogen) atoms. The summed E-state index contributed by atoms with van der Waals surface area (Å²) in [6, 6.07) is 0. The zero-order valence-electron chi connectivity index (χ0n) is 11.9. The van der Waals surface area contributed by atoms with Gasteiger partial charge in [0, 0.05) is 26.0 Å². The fourth-order valence-corrected chi connectivity index (χ4v) is 1.91. The van der Waals surface area contributed by atoms with Crippen LogP contribution in [0.15, 0.2) is 0 Å². The van der Waals surface area contributed by atoms with E-state index in [1.54, 1.807) is 7.11 Å². The van der Waals surface area contributed by atoms with Crippen molar-refractivity contribution in [2.75, 3.05) is 12.8 Å². The van der Waals surface area contributed by atoms with E-state index in [1.165, 1.54) is 0 Å². The molecular formula is C13H25N3O. The van der Waals surface area contributed by atoms with E-state index in [0.29, 0.717) is 5.92 Å². The molecule has 0 spiro atoms. The lowest BCUT2D eigenvalue weighted by Gasteiger charge is -2.21. The summed E-state index contributed by atoms with van der Waals surface area (Å²) in [6.07, 6.45) is 0.738. The summed E-state index contributed by atoms with van der Waals surface area (Å²) in [5.41, 5.74) is 6.88. The molecule has 0 radical (unpaired) electrons. The zero-order chi connectivity index (χ0) is 13.2. The topological polar surface area (TPSA) is 53.1 Å². The van der Waals surface area contributed by atoms with Crippen molar-refractivity contribution in [1.82, 2.24) is 9.55 Å². The summed E-state index contributed by atoms with van der Waals surface area (Å²) in [5.74, 6) is 2.23. The Bertz CT molecular complexity index is 380. The molecule has 0 bridgehead atoms. The van der Waals surface area contributed by atoms with E-state index in [1.807, 2.05) is 13.8 Å². The monoisotopic (exact) mass is 239 g/mol. The molecule has 0 saturated heterocycles. The number of hydrogen-bond donors (Lipinski definition) is 1. The van der Waals surface area contributed by atoms with Crippen molar-refractivity contribution in [1.29, 1.82) is 0 Å². The molecule has 4 nitrogen and oxygen atoms in total. The first kappa shape index (κ1) is 14.0. The average Bonchev–Trinajstić information content (AvgIpc) is 2.55. The van der Waals surface area contributed by atoms with Gasteiger partial charge in [-0.3, -0.25) is 0 Å². The Labute approximate surface area is 104 Å². The normalized spacial score (nSPS) is 12.4. The third-order valence-corrected chi connectivity index (χ3v) is 3.09. The Morgan fingerprint density at radius 1 is 1.41 bits per heavy atom. The number of imidazole rings is 1. The molecule has 0 amide bonds. The van der Waals surface area contributed by atoms with E-state index in [0.717, 1.165) is 30.3 Å². The third-order valence-electron chi connectivity index (χ3n) is 3.09. The minimum atomic E-state index is -0.227. The third kappa shape index (κ3) is 3.00. The predicted molar refractivity (Wildman–Crippen MR) is 71.2 cm³/mol. The van der Waals surface area contributed by atoms with Crippen LogP contribution in [0.2, 0.25) is 0 Å². The van der Waals surface area contributed by atoms with Crippen LogP contribution in [-0.4, -0.2) is 22.3 Å². The van der Waals surface area contributed by atoms with Crippen molar-refractivity contribution in [3.63, 3.8) is 0 Å². The largest absolute Gasteiger partial charge is 0.384 e. The molecule has 0 saturated carbocycles. The molecule has 0 aliphatic rings. The maximum atomic E-state index is 6.16. The van der Waals surface area contributed by atoms with Crippen LogP contribution in [0.1, 0.15) is 52.1 Å². The predicted octanol–water partition coefficient (Wildman–Crippen LogP) is 2.58. The minimum absolute atomic E-state index is 0.227. The van der Waals surface area contributed by atoms with Gasteiger partial charge >= 0.3 is 0 Å². The van der Waals surface area contributed by atoms with E-state index in [2.05, 4.69) is 30.3 Å². The number of nitrogens with zero attached hydrogens (tertiary/aromatic N) is 2. The van der Waals surface area contributed by atoms with Crippen LogP contribution in [0.3, 0.4) is 0 Å². The number of rotatable bonds is 5. The maximum Gasteiger partial charge on any atom is 0.126 e. The van der Waals surface area contributed by atoms with Crippen LogP contribution in [0.25, 0.3) is 0 Å². The van der Waals surface area contributed by atoms with Crippen molar-refractivity contribution in [3.05, 3.63) is 11.5 Å². The number of aromatic nitrogens is 2. The van der Waals surface area contributed by atoms with Gasteiger partial charge in [-0.25, -0.2) is 4.98 Å². The van der Waals surface area contributed by atoms with Crippen molar-refractivity contribution in [3.8, 4) is 0 Å². The van der Waals surface area contributed by atoms with Crippen LogP contribution in [0, 0.1) is 0 Å². The van der Waals surface area contributed by atoms with E-state index in [4.69, 9.17) is 10.5 Å². The second kappa shape index (κ2) is 5.08. The van der Waals surface area contributed by atoms with Crippen LogP contribution in [-0.2, 0) is 17.7 Å². The van der Waals surface area contributed by atoms with E-state index in [9.17, 15) is 0 Å². The molecule has 98 valence electrons. The summed E-state index contributed by atoms with van der Waals surface area (Å²) < 4.78 is 7.52. The molecule has 4 heteroatoms. The molecule has 0 aromatic carbocycles. The van der Waals surface area contributed by atoms with Gasteiger partial charge in [-0.1, -0.05) is 13.8 Å². The SMILES string of the molecule is CCn1c(C(C)C)nc(CC(C)(C)OC)c1N. The van der Waals surface area contributed by atoms with Gasteiger partial charge in [0.15, 0.2) is 0 Å². The maximum absolute atomic E-state index is 6.16. The number of methoxy groups -OCH3 is 1. The second-order valence-corrected chi connectivity index (χ2v) is 5.34. The molecule has 2 N–H and O–H groups in total. The molecule has 0 aliphatic heterocycles. The Morgan fingerprint density at radius 2 is 2.00 bits per heavy atom. The van der Waals surface area contributed by atoms with Gasteiger partial charge in [-0.15, -0.1) is 0 Å². The first-order valence-electron chi connectivity index (χ1n) is 6.22. The van der Waals surface area contributed by atoms with Crippen molar-refractivity contribution < 1.29 is 4.74 Å². The Kier molecular flexibility index (Phi) is 4.20. The lowest BCUT2D eigenvalue weighted by Crippen LogP contribution is -2.26. The molecule has 0 aliphatic carbocycles. The van der Waals surface area contributed by atoms with Crippen LogP contribution in [0.4, 0.5) is 5.82 Å².